The van der Waals surface area contributed by atoms with Crippen LogP contribution >= 0.6 is 0 Å². The van der Waals surface area contributed by atoms with Gasteiger partial charge in [-0.2, -0.15) is 15.0 Å². The third kappa shape index (κ3) is 3.42. The number of nitrogens with two attached hydrogens (primary N) is 1. The molecule has 2 heterocycles. The minimum absolute atomic E-state index is 0.124. The Morgan fingerprint density at radius 2 is 2.00 bits per heavy atom. The van der Waals surface area contributed by atoms with Crippen LogP contribution in [0.1, 0.15) is 30.6 Å². The summed E-state index contributed by atoms with van der Waals surface area (Å²) >= 11 is 0. The van der Waals surface area contributed by atoms with E-state index in [1.807, 2.05) is 13.8 Å². The molecule has 1 aliphatic carbocycles. The van der Waals surface area contributed by atoms with E-state index in [1.54, 1.807) is 11.0 Å². The number of rotatable bonds is 2. The smallest absolute Gasteiger partial charge is 0.256 e. The van der Waals surface area contributed by atoms with Crippen molar-refractivity contribution in [3.8, 4) is 5.69 Å². The van der Waals surface area contributed by atoms with Crippen molar-refractivity contribution in [2.75, 3.05) is 19.7 Å². The highest BCUT2D eigenvalue weighted by Crippen LogP contribution is 2.40. The molecule has 1 atom stereocenters. The Kier molecular flexibility index (Phi) is 4.49. The molecule has 152 valence electrons. The minimum Gasteiger partial charge on any atom is -0.396 e. The van der Waals surface area contributed by atoms with Gasteiger partial charge >= 0.3 is 0 Å². The Labute approximate surface area is 167 Å². The number of amides is 1. The summed E-state index contributed by atoms with van der Waals surface area (Å²) in [5, 5.41) is 8.03. The van der Waals surface area contributed by atoms with Gasteiger partial charge in [0.2, 0.25) is 0 Å². The van der Waals surface area contributed by atoms with Gasteiger partial charge in [0.15, 0.2) is 5.78 Å². The van der Waals surface area contributed by atoms with Gasteiger partial charge in [0.1, 0.15) is 17.1 Å². The number of nitrogens with zero attached hydrogens (tertiary/aromatic N) is 4. The van der Waals surface area contributed by atoms with Crippen molar-refractivity contribution in [3.05, 3.63) is 53.7 Å². The summed E-state index contributed by atoms with van der Waals surface area (Å²) in [4.78, 5) is 28.5. The molecule has 1 saturated heterocycles. The molecule has 4 rings (SSSR count). The molecule has 1 amide bonds. The van der Waals surface area contributed by atoms with E-state index >= 15 is 0 Å². The monoisotopic (exact) mass is 399 g/mol. The van der Waals surface area contributed by atoms with Gasteiger partial charge in [-0.05, 0) is 24.6 Å². The highest BCUT2D eigenvalue weighted by atomic mass is 19.1. The number of Topliss-reactive ketones (excluding diaryl/α,β-unsaturated/α-hetero) is 1. The minimum atomic E-state index is -0.834. The lowest BCUT2D eigenvalue weighted by atomic mass is 9.71. The SMILES string of the molecule is CC1(C)CC2(C=C(N)C1=O)CN(C(=O)c1ccc(F)cc1-n1nccn1)CCO2. The van der Waals surface area contributed by atoms with Gasteiger partial charge in [-0.3, -0.25) is 9.59 Å². The van der Waals surface area contributed by atoms with Gasteiger partial charge in [-0.25, -0.2) is 4.39 Å². The number of morpholine rings is 1. The zero-order valence-corrected chi connectivity index (χ0v) is 16.3. The average Bonchev–Trinajstić information content (AvgIpc) is 3.20. The number of ether oxygens (including phenoxy) is 1. The quantitative estimate of drug-likeness (QED) is 0.820. The van der Waals surface area contributed by atoms with Gasteiger partial charge in [0, 0.05) is 18.0 Å². The van der Waals surface area contributed by atoms with Gasteiger partial charge < -0.3 is 15.4 Å². The summed E-state index contributed by atoms with van der Waals surface area (Å²) in [7, 11) is 0. The lowest BCUT2D eigenvalue weighted by Crippen LogP contribution is -2.57. The molecule has 0 bridgehead atoms. The fraction of sp³-hybridized carbons (Fsp3) is 0.400. The molecule has 2 aromatic rings. The normalized spacial score (nSPS) is 23.9. The van der Waals surface area contributed by atoms with Crippen LogP contribution in [-0.4, -0.2) is 56.9 Å². The summed E-state index contributed by atoms with van der Waals surface area (Å²) in [5.41, 5.74) is 5.13. The lowest BCUT2D eigenvalue weighted by molar-refractivity contribution is -0.135. The Morgan fingerprint density at radius 3 is 2.69 bits per heavy atom. The van der Waals surface area contributed by atoms with E-state index in [2.05, 4.69) is 10.2 Å². The van der Waals surface area contributed by atoms with Crippen LogP contribution in [0.3, 0.4) is 0 Å². The van der Waals surface area contributed by atoms with Gasteiger partial charge in [-0.1, -0.05) is 13.8 Å². The fourth-order valence-electron chi connectivity index (χ4n) is 4.16. The van der Waals surface area contributed by atoms with Crippen molar-refractivity contribution in [1.29, 1.82) is 0 Å². The number of aromatic nitrogens is 3. The first-order chi connectivity index (χ1) is 13.7. The first kappa shape index (κ1) is 19.3. The van der Waals surface area contributed by atoms with Crippen LogP contribution in [0, 0.1) is 11.2 Å². The Morgan fingerprint density at radius 1 is 1.28 bits per heavy atom. The molecule has 2 aliphatic rings. The Balaban J connectivity index is 1.67. The molecule has 1 unspecified atom stereocenters. The highest BCUT2D eigenvalue weighted by Gasteiger charge is 2.48. The van der Waals surface area contributed by atoms with Crippen LogP contribution in [-0.2, 0) is 9.53 Å². The summed E-state index contributed by atoms with van der Waals surface area (Å²) in [6, 6.07) is 3.89. The van der Waals surface area contributed by atoms with Crippen molar-refractivity contribution in [2.24, 2.45) is 11.1 Å². The zero-order valence-electron chi connectivity index (χ0n) is 16.3. The molecule has 9 heteroatoms. The van der Waals surface area contributed by atoms with Gasteiger partial charge in [0.05, 0.1) is 36.8 Å². The number of allylic oxidation sites excluding steroid dienone is 1. The molecule has 1 aromatic heterocycles. The molecule has 1 fully saturated rings. The number of hydrogen-bond acceptors (Lipinski definition) is 6. The molecular formula is C20H22FN5O3. The summed E-state index contributed by atoms with van der Waals surface area (Å²) < 4.78 is 19.8. The van der Waals surface area contributed by atoms with Crippen LogP contribution in [0.15, 0.2) is 42.4 Å². The number of ketones is 1. The van der Waals surface area contributed by atoms with Gasteiger partial charge in [-0.15, -0.1) is 0 Å². The largest absolute Gasteiger partial charge is 0.396 e. The average molecular weight is 399 g/mol. The fourth-order valence-corrected chi connectivity index (χ4v) is 4.16. The second kappa shape index (κ2) is 6.77. The molecule has 1 aromatic carbocycles. The van der Waals surface area contributed by atoms with Crippen LogP contribution in [0.2, 0.25) is 0 Å². The molecule has 2 N–H and O–H groups in total. The van der Waals surface area contributed by atoms with Crippen LogP contribution in [0.4, 0.5) is 4.39 Å². The second-order valence-electron chi connectivity index (χ2n) is 8.11. The Hall–Kier alpha value is -3.07. The maximum atomic E-state index is 13.8. The highest BCUT2D eigenvalue weighted by molar-refractivity contribution is 6.00. The standard InChI is InChI=1S/C20H22FN5O3/c1-19(2)11-20(10-15(22)17(19)27)12-25(7-8-29-20)18(28)14-4-3-13(21)9-16(14)26-23-5-6-24-26/h3-6,9-10H,7-8,11-12,22H2,1-2H3. The van der Waals surface area contributed by atoms with E-state index in [0.717, 1.165) is 0 Å². The van der Waals surface area contributed by atoms with Crippen LogP contribution < -0.4 is 5.73 Å². The molecule has 29 heavy (non-hydrogen) atoms. The van der Waals surface area contributed by atoms with Crippen LogP contribution in [0.5, 0.6) is 0 Å². The molecule has 1 spiro atoms. The van der Waals surface area contributed by atoms with E-state index in [9.17, 15) is 14.0 Å². The summed E-state index contributed by atoms with van der Waals surface area (Å²) in [6.07, 6.45) is 4.95. The van der Waals surface area contributed by atoms with Crippen molar-refractivity contribution in [2.45, 2.75) is 25.9 Å². The van der Waals surface area contributed by atoms with Crippen LogP contribution in [0.25, 0.3) is 5.69 Å². The first-order valence-electron chi connectivity index (χ1n) is 9.33. The number of carbonyl (C=O) groups excluding carboxylic acids is 2. The molecule has 1 aliphatic heterocycles. The summed E-state index contributed by atoms with van der Waals surface area (Å²) in [6.45, 7) is 4.56. The molecule has 8 nitrogen and oxygen atoms in total. The van der Waals surface area contributed by atoms with E-state index in [-0.39, 0.29) is 35.2 Å². The Bertz CT molecular complexity index is 1000. The predicted octanol–water partition coefficient (Wildman–Crippen LogP) is 1.46. The number of hydrogen-bond donors (Lipinski definition) is 1. The third-order valence-electron chi connectivity index (χ3n) is 5.36. The first-order valence-corrected chi connectivity index (χ1v) is 9.33. The zero-order chi connectivity index (χ0) is 20.8. The lowest BCUT2D eigenvalue weighted by Gasteiger charge is -2.46. The molecular weight excluding hydrogens is 377 g/mol. The maximum absolute atomic E-state index is 13.8. The topological polar surface area (TPSA) is 103 Å². The van der Waals surface area contributed by atoms with E-state index < -0.39 is 16.8 Å². The molecule has 0 radical (unpaired) electrons. The molecule has 0 saturated carbocycles. The second-order valence-corrected chi connectivity index (χ2v) is 8.11. The number of carbonyl (C=O) groups is 2. The summed E-state index contributed by atoms with van der Waals surface area (Å²) in [5.74, 6) is -0.905. The van der Waals surface area contributed by atoms with Crippen molar-refractivity contribution < 1.29 is 18.7 Å². The van der Waals surface area contributed by atoms with Crippen molar-refractivity contribution >= 4 is 11.7 Å². The predicted molar refractivity (Wildman–Crippen MR) is 102 cm³/mol. The number of halogens is 1. The van der Waals surface area contributed by atoms with E-state index in [4.69, 9.17) is 10.5 Å². The van der Waals surface area contributed by atoms with Gasteiger partial charge in [0.25, 0.3) is 5.91 Å². The third-order valence-corrected chi connectivity index (χ3v) is 5.36. The van der Waals surface area contributed by atoms with E-state index in [0.29, 0.717) is 19.6 Å². The number of benzene rings is 1. The van der Waals surface area contributed by atoms with Crippen molar-refractivity contribution in [1.82, 2.24) is 19.9 Å². The van der Waals surface area contributed by atoms with E-state index in [1.165, 1.54) is 35.4 Å². The van der Waals surface area contributed by atoms with Crippen molar-refractivity contribution in [3.63, 3.8) is 0 Å². The maximum Gasteiger partial charge on any atom is 0.256 e.